The lowest BCUT2D eigenvalue weighted by atomic mass is 9.89. The van der Waals surface area contributed by atoms with Gasteiger partial charge in [0, 0.05) is 11.1 Å². The number of Topliss-reactive ketones (excluding diaryl/α,β-unsaturated/α-hetero) is 2. The molecule has 1 aliphatic rings. The summed E-state index contributed by atoms with van der Waals surface area (Å²) in [5.41, 5.74) is 1.08. The first kappa shape index (κ1) is 21.5. The standard InChI is InChI=1S/C21H34O4/c1-15(2)13-11-9-7-6-8-10-12-14-17-16(3)18(22)20(24-4)21(25-5)19(17)23/h15H,6-14H2,1-5H3. The lowest BCUT2D eigenvalue weighted by Crippen LogP contribution is -2.25. The van der Waals surface area contributed by atoms with Gasteiger partial charge in [0.1, 0.15) is 0 Å². The van der Waals surface area contributed by atoms with Crippen molar-refractivity contribution in [2.75, 3.05) is 14.2 Å². The quantitative estimate of drug-likeness (QED) is 0.362. The van der Waals surface area contributed by atoms with Crippen LogP contribution in [0.15, 0.2) is 22.7 Å². The van der Waals surface area contributed by atoms with E-state index in [1.807, 2.05) is 0 Å². The minimum Gasteiger partial charge on any atom is -0.489 e. The molecule has 4 nitrogen and oxygen atoms in total. The Kier molecular flexibility index (Phi) is 9.54. The molecule has 0 spiro atoms. The number of ether oxygens (including phenoxy) is 2. The Bertz CT molecular complexity index is 526. The molecule has 0 aromatic rings. The average Bonchev–Trinajstić information content (AvgIpc) is 2.58. The van der Waals surface area contributed by atoms with Crippen LogP contribution in [0.3, 0.4) is 0 Å². The molecule has 0 saturated heterocycles. The normalized spacial score (nSPS) is 15.4. The second kappa shape index (κ2) is 11.1. The number of hydrogen-bond acceptors (Lipinski definition) is 4. The second-order valence-corrected chi connectivity index (χ2v) is 7.24. The predicted octanol–water partition coefficient (Wildman–Crippen LogP) is 5.13. The Morgan fingerprint density at radius 3 is 1.76 bits per heavy atom. The Morgan fingerprint density at radius 2 is 1.24 bits per heavy atom. The van der Waals surface area contributed by atoms with Crippen LogP contribution >= 0.6 is 0 Å². The Hall–Kier alpha value is -1.58. The fourth-order valence-corrected chi connectivity index (χ4v) is 3.23. The summed E-state index contributed by atoms with van der Waals surface area (Å²) in [6.07, 6.45) is 10.3. The molecule has 0 bridgehead atoms. The van der Waals surface area contributed by atoms with Gasteiger partial charge < -0.3 is 9.47 Å². The van der Waals surface area contributed by atoms with E-state index in [0.717, 1.165) is 18.8 Å². The highest BCUT2D eigenvalue weighted by molar-refractivity contribution is 6.23. The predicted molar refractivity (Wildman–Crippen MR) is 100 cm³/mol. The summed E-state index contributed by atoms with van der Waals surface area (Å²) in [5.74, 6) is 0.426. The van der Waals surface area contributed by atoms with E-state index in [0.29, 0.717) is 17.6 Å². The lowest BCUT2D eigenvalue weighted by Gasteiger charge is -2.20. The molecule has 0 atom stereocenters. The van der Waals surface area contributed by atoms with Gasteiger partial charge in [-0.15, -0.1) is 0 Å². The molecule has 0 unspecified atom stereocenters. The van der Waals surface area contributed by atoms with Crippen LogP contribution in [-0.2, 0) is 19.1 Å². The Morgan fingerprint density at radius 1 is 0.760 bits per heavy atom. The zero-order valence-electron chi connectivity index (χ0n) is 16.6. The summed E-state index contributed by atoms with van der Waals surface area (Å²) in [6.45, 7) is 6.25. The molecule has 0 heterocycles. The first-order valence-electron chi connectivity index (χ1n) is 9.55. The molecule has 1 aliphatic carbocycles. The SMILES string of the molecule is COC1=C(OC)C(=O)C(CCCCCCCCCC(C)C)=C(C)C1=O. The monoisotopic (exact) mass is 350 g/mol. The minimum absolute atomic E-state index is 0.0233. The number of carbonyl (C=O) groups is 2. The van der Waals surface area contributed by atoms with Gasteiger partial charge in [-0.2, -0.15) is 0 Å². The van der Waals surface area contributed by atoms with Crippen LogP contribution in [0.4, 0.5) is 0 Å². The number of rotatable bonds is 12. The van der Waals surface area contributed by atoms with Gasteiger partial charge >= 0.3 is 0 Å². The van der Waals surface area contributed by atoms with Gasteiger partial charge in [0.2, 0.25) is 23.1 Å². The minimum atomic E-state index is -0.237. The lowest BCUT2D eigenvalue weighted by molar-refractivity contribution is -0.121. The smallest absolute Gasteiger partial charge is 0.228 e. The number of ketones is 2. The zero-order valence-corrected chi connectivity index (χ0v) is 16.6. The fraction of sp³-hybridized carbons (Fsp3) is 0.714. The Labute approximate surface area is 152 Å². The highest BCUT2D eigenvalue weighted by Crippen LogP contribution is 2.28. The van der Waals surface area contributed by atoms with E-state index in [2.05, 4.69) is 13.8 Å². The molecule has 0 radical (unpaired) electrons. The van der Waals surface area contributed by atoms with Crippen LogP contribution in [0.1, 0.15) is 78.6 Å². The van der Waals surface area contributed by atoms with Crippen LogP contribution in [0.2, 0.25) is 0 Å². The number of methoxy groups -OCH3 is 2. The highest BCUT2D eigenvalue weighted by atomic mass is 16.5. The highest BCUT2D eigenvalue weighted by Gasteiger charge is 2.34. The molecule has 0 amide bonds. The van der Waals surface area contributed by atoms with Crippen molar-refractivity contribution in [1.82, 2.24) is 0 Å². The Balaban J connectivity index is 2.36. The maximum absolute atomic E-state index is 12.5. The van der Waals surface area contributed by atoms with Gasteiger partial charge in [0.25, 0.3) is 0 Å². The van der Waals surface area contributed by atoms with Crippen molar-refractivity contribution in [2.24, 2.45) is 5.92 Å². The number of unbranched alkanes of at least 4 members (excludes halogenated alkanes) is 6. The summed E-state index contributed by atoms with van der Waals surface area (Å²) in [4.78, 5) is 24.8. The van der Waals surface area contributed by atoms with Gasteiger partial charge in [-0.25, -0.2) is 0 Å². The third-order valence-corrected chi connectivity index (χ3v) is 4.80. The summed E-state index contributed by atoms with van der Waals surface area (Å²) < 4.78 is 10.2. The van der Waals surface area contributed by atoms with Crippen molar-refractivity contribution in [1.29, 1.82) is 0 Å². The molecule has 0 aromatic heterocycles. The molecule has 0 aliphatic heterocycles. The maximum atomic E-state index is 12.5. The number of carbonyl (C=O) groups excluding carboxylic acids is 2. The van der Waals surface area contributed by atoms with Gasteiger partial charge in [-0.1, -0.05) is 58.8 Å². The number of hydrogen-bond donors (Lipinski definition) is 0. The van der Waals surface area contributed by atoms with E-state index < -0.39 is 0 Å². The van der Waals surface area contributed by atoms with Crippen LogP contribution in [0.5, 0.6) is 0 Å². The average molecular weight is 350 g/mol. The molecule has 0 fully saturated rings. The zero-order chi connectivity index (χ0) is 18.8. The van der Waals surface area contributed by atoms with Gasteiger partial charge in [-0.3, -0.25) is 9.59 Å². The van der Waals surface area contributed by atoms with Crippen molar-refractivity contribution in [2.45, 2.75) is 78.6 Å². The van der Waals surface area contributed by atoms with Gasteiger partial charge in [-0.05, 0) is 25.7 Å². The van der Waals surface area contributed by atoms with Crippen molar-refractivity contribution in [3.8, 4) is 0 Å². The molecular formula is C21H34O4. The topological polar surface area (TPSA) is 52.6 Å². The first-order chi connectivity index (χ1) is 11.9. The third kappa shape index (κ3) is 6.33. The van der Waals surface area contributed by atoms with E-state index in [4.69, 9.17) is 9.47 Å². The summed E-state index contributed by atoms with van der Waals surface area (Å²) >= 11 is 0. The summed E-state index contributed by atoms with van der Waals surface area (Å²) in [7, 11) is 2.79. The van der Waals surface area contributed by atoms with E-state index >= 15 is 0 Å². The van der Waals surface area contributed by atoms with Crippen LogP contribution < -0.4 is 0 Å². The maximum Gasteiger partial charge on any atom is 0.228 e. The van der Waals surface area contributed by atoms with Crippen molar-refractivity contribution in [3.63, 3.8) is 0 Å². The third-order valence-electron chi connectivity index (χ3n) is 4.80. The van der Waals surface area contributed by atoms with Crippen LogP contribution in [0, 0.1) is 5.92 Å². The number of allylic oxidation sites excluding steroid dienone is 2. The molecule has 25 heavy (non-hydrogen) atoms. The molecule has 142 valence electrons. The molecule has 1 rings (SSSR count). The van der Waals surface area contributed by atoms with E-state index in [1.54, 1.807) is 6.92 Å². The second-order valence-electron chi connectivity index (χ2n) is 7.24. The van der Waals surface area contributed by atoms with Crippen molar-refractivity contribution in [3.05, 3.63) is 22.7 Å². The van der Waals surface area contributed by atoms with Crippen molar-refractivity contribution >= 4 is 11.6 Å². The van der Waals surface area contributed by atoms with E-state index in [9.17, 15) is 9.59 Å². The van der Waals surface area contributed by atoms with Crippen LogP contribution in [-0.4, -0.2) is 25.8 Å². The van der Waals surface area contributed by atoms with E-state index in [-0.39, 0.29) is 23.1 Å². The molecule has 0 saturated carbocycles. The van der Waals surface area contributed by atoms with E-state index in [1.165, 1.54) is 52.7 Å². The van der Waals surface area contributed by atoms with Crippen LogP contribution in [0.25, 0.3) is 0 Å². The molecule has 4 heteroatoms. The van der Waals surface area contributed by atoms with Gasteiger partial charge in [0.05, 0.1) is 14.2 Å². The molecular weight excluding hydrogens is 316 g/mol. The van der Waals surface area contributed by atoms with Gasteiger partial charge in [0.15, 0.2) is 0 Å². The molecule has 0 N–H and O–H groups in total. The van der Waals surface area contributed by atoms with Crippen molar-refractivity contribution < 1.29 is 19.1 Å². The first-order valence-corrected chi connectivity index (χ1v) is 9.55. The summed E-state index contributed by atoms with van der Waals surface area (Å²) in [5, 5.41) is 0. The molecule has 0 aromatic carbocycles. The summed E-state index contributed by atoms with van der Waals surface area (Å²) in [6, 6.07) is 0. The fourth-order valence-electron chi connectivity index (χ4n) is 3.23. The largest absolute Gasteiger partial charge is 0.489 e.